The third kappa shape index (κ3) is 7.15. The summed E-state index contributed by atoms with van der Waals surface area (Å²) >= 11 is 0. The van der Waals surface area contributed by atoms with Crippen LogP contribution in [0.25, 0.3) is 0 Å². The Morgan fingerprint density at radius 2 is 1.97 bits per heavy atom. The molecule has 0 spiro atoms. The summed E-state index contributed by atoms with van der Waals surface area (Å²) in [6.45, 7) is 3.81. The SMILES string of the molecule is CN=C(NCc1ccnc(N(C)C)c1)NCC1CCCN1Cc1ccccc1.I. The number of hydrogen-bond donors (Lipinski definition) is 2. The van der Waals surface area contributed by atoms with Crippen molar-refractivity contribution in [3.05, 3.63) is 59.8 Å². The van der Waals surface area contributed by atoms with Gasteiger partial charge in [0.15, 0.2) is 5.96 Å². The van der Waals surface area contributed by atoms with E-state index in [1.54, 1.807) is 0 Å². The molecular weight excluding hydrogens is 475 g/mol. The number of halogens is 1. The normalized spacial score (nSPS) is 16.9. The number of anilines is 1. The van der Waals surface area contributed by atoms with Crippen LogP contribution in [0.3, 0.4) is 0 Å². The minimum atomic E-state index is 0. The van der Waals surface area contributed by atoms with E-state index in [4.69, 9.17) is 0 Å². The molecule has 2 aromatic rings. The third-order valence-electron chi connectivity index (χ3n) is 5.18. The van der Waals surface area contributed by atoms with Gasteiger partial charge < -0.3 is 15.5 Å². The molecule has 0 amide bonds. The van der Waals surface area contributed by atoms with Crippen molar-refractivity contribution in [1.82, 2.24) is 20.5 Å². The maximum Gasteiger partial charge on any atom is 0.191 e. The highest BCUT2D eigenvalue weighted by molar-refractivity contribution is 14.0. The van der Waals surface area contributed by atoms with Crippen LogP contribution in [0.1, 0.15) is 24.0 Å². The van der Waals surface area contributed by atoms with Crippen LogP contribution in [0.4, 0.5) is 5.82 Å². The molecule has 6 nitrogen and oxygen atoms in total. The average molecular weight is 508 g/mol. The van der Waals surface area contributed by atoms with Crippen LogP contribution in [-0.2, 0) is 13.1 Å². The van der Waals surface area contributed by atoms with Gasteiger partial charge in [-0.1, -0.05) is 30.3 Å². The summed E-state index contributed by atoms with van der Waals surface area (Å²) < 4.78 is 0. The van der Waals surface area contributed by atoms with E-state index in [1.165, 1.54) is 24.0 Å². The highest BCUT2D eigenvalue weighted by Gasteiger charge is 2.24. The smallest absolute Gasteiger partial charge is 0.191 e. The lowest BCUT2D eigenvalue weighted by Gasteiger charge is -2.25. The van der Waals surface area contributed by atoms with Crippen LogP contribution in [-0.4, -0.2) is 56.1 Å². The van der Waals surface area contributed by atoms with Gasteiger partial charge in [0.2, 0.25) is 0 Å². The summed E-state index contributed by atoms with van der Waals surface area (Å²) in [5.74, 6) is 1.81. The molecule has 0 bridgehead atoms. The summed E-state index contributed by atoms with van der Waals surface area (Å²) in [5.41, 5.74) is 2.57. The molecule has 1 atom stereocenters. The zero-order valence-electron chi connectivity index (χ0n) is 17.6. The molecule has 1 unspecified atom stereocenters. The number of benzene rings is 1. The van der Waals surface area contributed by atoms with E-state index in [0.29, 0.717) is 6.04 Å². The van der Waals surface area contributed by atoms with Crippen LogP contribution in [0.2, 0.25) is 0 Å². The first-order chi connectivity index (χ1) is 13.7. The minimum Gasteiger partial charge on any atom is -0.363 e. The van der Waals surface area contributed by atoms with Gasteiger partial charge in [0, 0.05) is 53.0 Å². The molecule has 1 aromatic heterocycles. The standard InChI is InChI=1S/C22H32N6.HI/c1-23-22(25-15-19-11-12-24-21(14-19)27(2)3)26-16-20-10-7-13-28(20)17-18-8-5-4-6-9-18;/h4-6,8-9,11-12,14,20H,7,10,13,15-17H2,1-3H3,(H2,23,25,26);1H. The van der Waals surface area contributed by atoms with Gasteiger partial charge in [0.05, 0.1) is 0 Å². The van der Waals surface area contributed by atoms with Crippen molar-refractivity contribution in [2.24, 2.45) is 4.99 Å². The Kier molecular flexibility index (Phi) is 9.66. The lowest BCUT2D eigenvalue weighted by atomic mass is 10.2. The zero-order valence-corrected chi connectivity index (χ0v) is 20.0. The van der Waals surface area contributed by atoms with Crippen molar-refractivity contribution in [2.45, 2.75) is 32.0 Å². The van der Waals surface area contributed by atoms with E-state index in [-0.39, 0.29) is 24.0 Å². The molecular formula is C22H33IN6. The van der Waals surface area contributed by atoms with E-state index < -0.39 is 0 Å². The Hall–Kier alpha value is -1.87. The van der Waals surface area contributed by atoms with E-state index in [9.17, 15) is 0 Å². The molecule has 2 heterocycles. The molecule has 7 heteroatoms. The topological polar surface area (TPSA) is 55.8 Å². The molecule has 0 aliphatic carbocycles. The lowest BCUT2D eigenvalue weighted by molar-refractivity contribution is 0.245. The summed E-state index contributed by atoms with van der Waals surface area (Å²) in [6.07, 6.45) is 4.34. The molecule has 158 valence electrons. The second-order valence-electron chi connectivity index (χ2n) is 7.48. The minimum absolute atomic E-state index is 0. The Labute approximate surface area is 191 Å². The number of pyridine rings is 1. The number of rotatable bonds is 7. The molecule has 0 radical (unpaired) electrons. The van der Waals surface area contributed by atoms with Gasteiger partial charge >= 0.3 is 0 Å². The number of nitrogens with zero attached hydrogens (tertiary/aromatic N) is 4. The predicted molar refractivity (Wildman–Crippen MR) is 132 cm³/mol. The molecule has 1 aromatic carbocycles. The number of nitrogens with one attached hydrogen (secondary N) is 2. The van der Waals surface area contributed by atoms with Crippen LogP contribution in [0.15, 0.2) is 53.7 Å². The van der Waals surface area contributed by atoms with Gasteiger partial charge in [-0.3, -0.25) is 9.89 Å². The van der Waals surface area contributed by atoms with Gasteiger partial charge in [-0.2, -0.15) is 0 Å². The van der Waals surface area contributed by atoms with Crippen LogP contribution < -0.4 is 15.5 Å². The summed E-state index contributed by atoms with van der Waals surface area (Å²) in [4.78, 5) is 13.3. The highest BCUT2D eigenvalue weighted by Crippen LogP contribution is 2.19. The molecule has 29 heavy (non-hydrogen) atoms. The summed E-state index contributed by atoms with van der Waals surface area (Å²) in [5, 5.41) is 6.92. The molecule has 1 aliphatic rings. The molecule has 2 N–H and O–H groups in total. The van der Waals surface area contributed by atoms with E-state index in [0.717, 1.165) is 38.0 Å². The fraction of sp³-hybridized carbons (Fsp3) is 0.455. The molecule has 1 fully saturated rings. The Morgan fingerprint density at radius 3 is 2.69 bits per heavy atom. The van der Waals surface area contributed by atoms with Crippen molar-refractivity contribution in [2.75, 3.05) is 39.1 Å². The first kappa shape index (κ1) is 23.4. The van der Waals surface area contributed by atoms with Gasteiger partial charge in [-0.05, 0) is 42.6 Å². The van der Waals surface area contributed by atoms with E-state index in [2.05, 4.69) is 61.9 Å². The van der Waals surface area contributed by atoms with Crippen molar-refractivity contribution in [3.63, 3.8) is 0 Å². The second kappa shape index (κ2) is 12.0. The van der Waals surface area contributed by atoms with Crippen molar-refractivity contribution in [3.8, 4) is 0 Å². The Bertz CT molecular complexity index is 765. The predicted octanol–water partition coefficient (Wildman–Crippen LogP) is 3.10. The number of aromatic nitrogens is 1. The van der Waals surface area contributed by atoms with Crippen molar-refractivity contribution in [1.29, 1.82) is 0 Å². The monoisotopic (exact) mass is 508 g/mol. The zero-order chi connectivity index (χ0) is 19.8. The fourth-order valence-corrected chi connectivity index (χ4v) is 3.59. The van der Waals surface area contributed by atoms with Crippen LogP contribution in [0, 0.1) is 0 Å². The molecule has 1 saturated heterocycles. The Balaban J connectivity index is 0.00000300. The first-order valence-electron chi connectivity index (χ1n) is 10.0. The van der Waals surface area contributed by atoms with Gasteiger partial charge in [0.25, 0.3) is 0 Å². The maximum atomic E-state index is 4.38. The fourth-order valence-electron chi connectivity index (χ4n) is 3.59. The summed E-state index contributed by atoms with van der Waals surface area (Å²) in [7, 11) is 5.83. The van der Waals surface area contributed by atoms with Gasteiger partial charge in [-0.15, -0.1) is 24.0 Å². The number of likely N-dealkylation sites (tertiary alicyclic amines) is 1. The van der Waals surface area contributed by atoms with E-state index in [1.807, 2.05) is 38.3 Å². The average Bonchev–Trinajstić information content (AvgIpc) is 3.16. The number of aliphatic imine (C=N–C) groups is 1. The highest BCUT2D eigenvalue weighted by atomic mass is 127. The molecule has 1 aliphatic heterocycles. The molecule has 3 rings (SSSR count). The lowest BCUT2D eigenvalue weighted by Crippen LogP contribution is -2.44. The Morgan fingerprint density at radius 1 is 1.17 bits per heavy atom. The van der Waals surface area contributed by atoms with Crippen molar-refractivity contribution < 1.29 is 0 Å². The van der Waals surface area contributed by atoms with Crippen LogP contribution in [0.5, 0.6) is 0 Å². The van der Waals surface area contributed by atoms with Crippen LogP contribution >= 0.6 is 24.0 Å². The first-order valence-corrected chi connectivity index (χ1v) is 10.0. The van der Waals surface area contributed by atoms with Gasteiger partial charge in [-0.25, -0.2) is 4.98 Å². The largest absolute Gasteiger partial charge is 0.363 e. The van der Waals surface area contributed by atoms with E-state index >= 15 is 0 Å². The number of hydrogen-bond acceptors (Lipinski definition) is 4. The maximum absolute atomic E-state index is 4.38. The third-order valence-corrected chi connectivity index (χ3v) is 5.18. The molecule has 0 saturated carbocycles. The quantitative estimate of drug-likeness (QED) is 0.342. The summed E-state index contributed by atoms with van der Waals surface area (Å²) in [6, 6.07) is 15.4. The van der Waals surface area contributed by atoms with Crippen molar-refractivity contribution >= 4 is 35.8 Å². The number of guanidine groups is 1. The van der Waals surface area contributed by atoms with Gasteiger partial charge in [0.1, 0.15) is 5.82 Å². The second-order valence-corrected chi connectivity index (χ2v) is 7.48.